The molecule has 4 heterocycles. The fraction of sp³-hybridized carbons (Fsp3) is 0.586. The number of piperazine rings is 1. The summed E-state index contributed by atoms with van der Waals surface area (Å²) >= 11 is 0. The Labute approximate surface area is 235 Å². The van der Waals surface area contributed by atoms with Gasteiger partial charge in [0.15, 0.2) is 0 Å². The van der Waals surface area contributed by atoms with E-state index >= 15 is 0 Å². The first-order chi connectivity index (χ1) is 19.1. The topological polar surface area (TPSA) is 120 Å². The van der Waals surface area contributed by atoms with Gasteiger partial charge in [0, 0.05) is 56.4 Å². The predicted molar refractivity (Wildman–Crippen MR) is 154 cm³/mol. The molecule has 1 atom stereocenters. The van der Waals surface area contributed by atoms with Gasteiger partial charge in [0.05, 0.1) is 12.4 Å². The van der Waals surface area contributed by atoms with Crippen LogP contribution in [0.3, 0.4) is 0 Å². The molecule has 0 aliphatic carbocycles. The number of rotatable bonds is 4. The Morgan fingerprint density at radius 3 is 2.38 bits per heavy atom. The van der Waals surface area contributed by atoms with Crippen LogP contribution < -0.4 is 16.7 Å². The van der Waals surface area contributed by atoms with Gasteiger partial charge in [0.2, 0.25) is 5.91 Å². The number of piperidine rings is 1. The molecule has 3 aliphatic rings. The summed E-state index contributed by atoms with van der Waals surface area (Å²) in [4.78, 5) is 51.0. The Morgan fingerprint density at radius 2 is 1.70 bits per heavy atom. The molecule has 0 bridgehead atoms. The molecule has 5 rings (SSSR count). The minimum atomic E-state index is -0.450. The van der Waals surface area contributed by atoms with E-state index in [0.717, 1.165) is 51.1 Å². The zero-order valence-corrected chi connectivity index (χ0v) is 23.9. The van der Waals surface area contributed by atoms with Gasteiger partial charge in [-0.15, -0.1) is 0 Å². The second-order valence-corrected chi connectivity index (χ2v) is 12.3. The van der Waals surface area contributed by atoms with Gasteiger partial charge in [-0.25, -0.2) is 9.59 Å². The summed E-state index contributed by atoms with van der Waals surface area (Å²) in [6.45, 7) is 11.9. The van der Waals surface area contributed by atoms with Crippen molar-refractivity contribution < 1.29 is 9.59 Å². The smallest absolute Gasteiger partial charge is 0.339 e. The number of likely N-dealkylation sites (tertiary alicyclic amines) is 1. The first kappa shape index (κ1) is 28.3. The van der Waals surface area contributed by atoms with Crippen molar-refractivity contribution in [1.82, 2.24) is 29.2 Å². The van der Waals surface area contributed by atoms with Crippen molar-refractivity contribution in [3.8, 4) is 5.69 Å². The Kier molecular flexibility index (Phi) is 8.25. The van der Waals surface area contributed by atoms with Crippen LogP contribution in [0.25, 0.3) is 5.69 Å². The highest BCUT2D eigenvalue weighted by Gasteiger charge is 2.37. The number of carbonyl (C=O) groups is 2. The van der Waals surface area contributed by atoms with E-state index in [9.17, 15) is 14.4 Å². The number of urea groups is 1. The monoisotopic (exact) mass is 550 g/mol. The molecule has 0 radical (unpaired) electrons. The Bertz CT molecular complexity index is 1260. The van der Waals surface area contributed by atoms with E-state index in [1.165, 1.54) is 10.1 Å². The number of hydrogen-bond acceptors (Lipinski definition) is 7. The normalized spacial score (nSPS) is 21.2. The molecular formula is C29H42N8O3. The van der Waals surface area contributed by atoms with Crippen molar-refractivity contribution in [2.45, 2.75) is 58.7 Å². The first-order valence-corrected chi connectivity index (χ1v) is 14.3. The van der Waals surface area contributed by atoms with E-state index in [1.807, 2.05) is 49.9 Å². The van der Waals surface area contributed by atoms with Gasteiger partial charge in [-0.1, -0.05) is 32.9 Å². The van der Waals surface area contributed by atoms with Crippen LogP contribution in [0.4, 0.5) is 10.6 Å². The lowest BCUT2D eigenvalue weighted by Crippen LogP contribution is -2.62. The standard InChI is InChI=1S/C29H42N8O3/c1-29(2,3)26(38)34-16-17-35-20-36(14-10-24(35)19-34)27(39)31-25-11-15-37(28(40)32-25)23-6-4-21(5-7-23)18-33-12-8-22(30)9-13-33/h4-7,11,15,22,24H,8-10,12-14,16-20,30H2,1-3H3,(H,31,32,39,40). The number of nitrogens with one attached hydrogen (secondary N) is 1. The van der Waals surface area contributed by atoms with E-state index in [1.54, 1.807) is 17.2 Å². The third kappa shape index (κ3) is 6.54. The zero-order valence-electron chi connectivity index (χ0n) is 23.9. The number of aromatic nitrogens is 2. The molecule has 1 unspecified atom stereocenters. The van der Waals surface area contributed by atoms with Crippen molar-refractivity contribution >= 4 is 17.8 Å². The molecule has 3 aliphatic heterocycles. The lowest BCUT2D eigenvalue weighted by atomic mass is 9.93. The van der Waals surface area contributed by atoms with Gasteiger partial charge in [-0.05, 0) is 56.1 Å². The molecule has 216 valence electrons. The number of fused-ring (bicyclic) bond motifs is 1. The summed E-state index contributed by atoms with van der Waals surface area (Å²) in [6, 6.07) is 9.84. The number of nitrogens with zero attached hydrogens (tertiary/aromatic N) is 6. The van der Waals surface area contributed by atoms with Gasteiger partial charge in [0.25, 0.3) is 0 Å². The van der Waals surface area contributed by atoms with Gasteiger partial charge in [-0.2, -0.15) is 4.98 Å². The average Bonchev–Trinajstić information content (AvgIpc) is 2.93. The van der Waals surface area contributed by atoms with E-state index < -0.39 is 11.1 Å². The number of carbonyl (C=O) groups excluding carboxylic acids is 2. The Morgan fingerprint density at radius 1 is 0.975 bits per heavy atom. The molecule has 1 aromatic heterocycles. The summed E-state index contributed by atoms with van der Waals surface area (Å²) in [5.74, 6) is 0.404. The maximum absolute atomic E-state index is 13.0. The molecule has 3 fully saturated rings. The third-order valence-corrected chi connectivity index (χ3v) is 8.20. The number of anilines is 1. The van der Waals surface area contributed by atoms with Crippen LogP contribution >= 0.6 is 0 Å². The summed E-state index contributed by atoms with van der Waals surface area (Å²) in [5, 5.41) is 2.79. The molecule has 11 heteroatoms. The molecule has 2 aromatic rings. The van der Waals surface area contributed by atoms with Crippen LogP contribution in [0, 0.1) is 5.41 Å². The molecule has 3 N–H and O–H groups in total. The van der Waals surface area contributed by atoms with Crippen LogP contribution in [-0.4, -0.2) is 99.1 Å². The Hall–Kier alpha value is -3.28. The second kappa shape index (κ2) is 11.7. The molecule has 0 saturated carbocycles. The van der Waals surface area contributed by atoms with E-state index in [0.29, 0.717) is 32.3 Å². The van der Waals surface area contributed by atoms with E-state index in [2.05, 4.69) is 20.1 Å². The molecule has 0 spiro atoms. The quantitative estimate of drug-likeness (QED) is 0.597. The van der Waals surface area contributed by atoms with E-state index in [4.69, 9.17) is 5.73 Å². The third-order valence-electron chi connectivity index (χ3n) is 8.20. The van der Waals surface area contributed by atoms with Crippen molar-refractivity contribution in [2.24, 2.45) is 11.1 Å². The van der Waals surface area contributed by atoms with Crippen LogP contribution in [-0.2, 0) is 11.3 Å². The summed E-state index contributed by atoms with van der Waals surface area (Å²) in [7, 11) is 0. The number of hydrogen-bond donors (Lipinski definition) is 2. The Balaban J connectivity index is 1.14. The number of amides is 3. The minimum absolute atomic E-state index is 0.173. The predicted octanol–water partition coefficient (Wildman–Crippen LogP) is 1.91. The maximum atomic E-state index is 13.0. The maximum Gasteiger partial charge on any atom is 0.354 e. The largest absolute Gasteiger partial charge is 0.354 e. The van der Waals surface area contributed by atoms with Crippen LogP contribution in [0.2, 0.25) is 0 Å². The number of nitrogens with two attached hydrogens (primary N) is 1. The highest BCUT2D eigenvalue weighted by atomic mass is 16.2. The SMILES string of the molecule is CC(C)(C)C(=O)N1CCN2CN(C(=O)Nc3ccn(-c4ccc(CN5CCC(N)CC5)cc4)c(=O)n3)CCC2C1. The highest BCUT2D eigenvalue weighted by molar-refractivity contribution is 5.88. The van der Waals surface area contributed by atoms with Crippen molar-refractivity contribution in [1.29, 1.82) is 0 Å². The lowest BCUT2D eigenvalue weighted by molar-refractivity contribution is -0.143. The summed E-state index contributed by atoms with van der Waals surface area (Å²) < 4.78 is 1.48. The molecule has 3 amide bonds. The lowest BCUT2D eigenvalue weighted by Gasteiger charge is -2.48. The van der Waals surface area contributed by atoms with Crippen LogP contribution in [0.5, 0.6) is 0 Å². The fourth-order valence-corrected chi connectivity index (χ4v) is 5.76. The first-order valence-electron chi connectivity index (χ1n) is 14.3. The van der Waals surface area contributed by atoms with Crippen molar-refractivity contribution in [2.75, 3.05) is 51.3 Å². The number of benzene rings is 1. The van der Waals surface area contributed by atoms with Crippen LogP contribution in [0.15, 0.2) is 41.3 Å². The molecule has 11 nitrogen and oxygen atoms in total. The van der Waals surface area contributed by atoms with Gasteiger partial charge in [-0.3, -0.25) is 24.5 Å². The molecule has 40 heavy (non-hydrogen) atoms. The molecular weight excluding hydrogens is 508 g/mol. The van der Waals surface area contributed by atoms with Crippen LogP contribution in [0.1, 0.15) is 45.6 Å². The van der Waals surface area contributed by atoms with Gasteiger partial charge in [0.1, 0.15) is 5.82 Å². The van der Waals surface area contributed by atoms with E-state index in [-0.39, 0.29) is 23.8 Å². The zero-order chi connectivity index (χ0) is 28.4. The molecule has 1 aromatic carbocycles. The minimum Gasteiger partial charge on any atom is -0.339 e. The highest BCUT2D eigenvalue weighted by Crippen LogP contribution is 2.24. The van der Waals surface area contributed by atoms with Gasteiger partial charge < -0.3 is 15.5 Å². The second-order valence-electron chi connectivity index (χ2n) is 12.3. The van der Waals surface area contributed by atoms with Crippen molar-refractivity contribution in [3.05, 3.63) is 52.6 Å². The van der Waals surface area contributed by atoms with Crippen molar-refractivity contribution in [3.63, 3.8) is 0 Å². The molecule has 3 saturated heterocycles. The average molecular weight is 551 g/mol. The summed E-state index contributed by atoms with van der Waals surface area (Å²) in [5.41, 5.74) is 7.08. The fourth-order valence-electron chi connectivity index (χ4n) is 5.76. The summed E-state index contributed by atoms with van der Waals surface area (Å²) in [6.07, 6.45) is 4.48. The van der Waals surface area contributed by atoms with Gasteiger partial charge >= 0.3 is 11.7 Å².